The Kier molecular flexibility index (Phi) is 5.95. The first kappa shape index (κ1) is 17.8. The third-order valence-electron chi connectivity index (χ3n) is 5.27. The zero-order chi connectivity index (χ0) is 17.6. The molecule has 2 amide bonds. The SMILES string of the molecule is CCOC(=O)C[C@@H]1c2ccccc2CCN1C(=O)NC1CCCCC1. The Bertz CT molecular complexity index is 611. The fraction of sp³-hybridized carbons (Fsp3) is 0.600. The molecule has 0 radical (unpaired) electrons. The molecule has 1 atom stereocenters. The number of hydrogen-bond donors (Lipinski definition) is 1. The van der Waals surface area contributed by atoms with Crippen molar-refractivity contribution in [2.24, 2.45) is 0 Å². The summed E-state index contributed by atoms with van der Waals surface area (Å²) in [6.45, 7) is 2.81. The number of carbonyl (C=O) groups excluding carboxylic acids is 2. The second-order valence-electron chi connectivity index (χ2n) is 6.95. The molecule has 1 heterocycles. The lowest BCUT2D eigenvalue weighted by atomic mass is 9.90. The number of amides is 2. The fourth-order valence-electron chi connectivity index (χ4n) is 4.00. The number of rotatable bonds is 4. The normalized spacial score (nSPS) is 20.7. The highest BCUT2D eigenvalue weighted by molar-refractivity contribution is 5.77. The summed E-state index contributed by atoms with van der Waals surface area (Å²) in [4.78, 5) is 26.8. The molecule has 0 aromatic heterocycles. The van der Waals surface area contributed by atoms with Crippen LogP contribution in [0, 0.1) is 0 Å². The average Bonchev–Trinajstić information content (AvgIpc) is 2.63. The summed E-state index contributed by atoms with van der Waals surface area (Å²) in [5.41, 5.74) is 2.29. The molecule has 1 fully saturated rings. The van der Waals surface area contributed by atoms with Gasteiger partial charge in [-0.1, -0.05) is 43.5 Å². The number of urea groups is 1. The molecule has 1 aromatic rings. The molecular weight excluding hydrogens is 316 g/mol. The maximum atomic E-state index is 12.9. The maximum absolute atomic E-state index is 12.9. The lowest BCUT2D eigenvalue weighted by Crippen LogP contribution is -2.49. The van der Waals surface area contributed by atoms with Crippen LogP contribution in [0.3, 0.4) is 0 Å². The number of ether oxygens (including phenoxy) is 1. The van der Waals surface area contributed by atoms with Gasteiger partial charge in [-0.2, -0.15) is 0 Å². The van der Waals surface area contributed by atoms with Crippen LogP contribution < -0.4 is 5.32 Å². The zero-order valence-electron chi connectivity index (χ0n) is 15.0. The van der Waals surface area contributed by atoms with Crippen molar-refractivity contribution in [2.45, 2.75) is 64.0 Å². The highest BCUT2D eigenvalue weighted by Gasteiger charge is 2.33. The number of nitrogens with zero attached hydrogens (tertiary/aromatic N) is 1. The van der Waals surface area contributed by atoms with Crippen molar-refractivity contribution in [1.82, 2.24) is 10.2 Å². The predicted molar refractivity (Wildman–Crippen MR) is 96.2 cm³/mol. The summed E-state index contributed by atoms with van der Waals surface area (Å²) in [7, 11) is 0. The second kappa shape index (κ2) is 8.37. The van der Waals surface area contributed by atoms with Crippen LogP contribution in [0.1, 0.15) is 62.6 Å². The number of nitrogens with one attached hydrogen (secondary N) is 1. The number of hydrogen-bond acceptors (Lipinski definition) is 3. The molecular formula is C20H28N2O3. The first-order chi connectivity index (χ1) is 12.2. The summed E-state index contributed by atoms with van der Waals surface area (Å²) in [5.74, 6) is -0.250. The minimum atomic E-state index is -0.250. The molecule has 3 rings (SSSR count). The van der Waals surface area contributed by atoms with Crippen molar-refractivity contribution in [3.8, 4) is 0 Å². The Morgan fingerprint density at radius 3 is 2.72 bits per heavy atom. The van der Waals surface area contributed by atoms with Gasteiger partial charge in [-0.05, 0) is 37.3 Å². The molecule has 1 N–H and O–H groups in total. The van der Waals surface area contributed by atoms with E-state index in [1.807, 2.05) is 23.1 Å². The van der Waals surface area contributed by atoms with Gasteiger partial charge in [-0.25, -0.2) is 4.79 Å². The van der Waals surface area contributed by atoms with Crippen molar-refractivity contribution >= 4 is 12.0 Å². The van der Waals surface area contributed by atoms with E-state index in [1.165, 1.54) is 24.8 Å². The molecule has 0 spiro atoms. The Morgan fingerprint density at radius 1 is 1.20 bits per heavy atom. The van der Waals surface area contributed by atoms with E-state index in [0.717, 1.165) is 24.8 Å². The molecule has 5 heteroatoms. The first-order valence-electron chi connectivity index (χ1n) is 9.49. The number of benzene rings is 1. The van der Waals surface area contributed by atoms with Crippen LogP contribution >= 0.6 is 0 Å². The number of fused-ring (bicyclic) bond motifs is 1. The summed E-state index contributed by atoms with van der Waals surface area (Å²) < 4.78 is 5.14. The highest BCUT2D eigenvalue weighted by atomic mass is 16.5. The van der Waals surface area contributed by atoms with E-state index < -0.39 is 0 Å². The van der Waals surface area contributed by atoms with Gasteiger partial charge in [0.1, 0.15) is 0 Å². The van der Waals surface area contributed by atoms with Crippen LogP contribution in [0.25, 0.3) is 0 Å². The first-order valence-corrected chi connectivity index (χ1v) is 9.49. The Morgan fingerprint density at radius 2 is 1.96 bits per heavy atom. The van der Waals surface area contributed by atoms with E-state index in [1.54, 1.807) is 6.92 Å². The van der Waals surface area contributed by atoms with Crippen molar-refractivity contribution in [2.75, 3.05) is 13.2 Å². The van der Waals surface area contributed by atoms with Gasteiger partial charge in [0.2, 0.25) is 0 Å². The van der Waals surface area contributed by atoms with Crippen molar-refractivity contribution < 1.29 is 14.3 Å². The minimum absolute atomic E-state index is 0.0456. The van der Waals surface area contributed by atoms with Gasteiger partial charge < -0.3 is 15.0 Å². The quantitative estimate of drug-likeness (QED) is 0.849. The van der Waals surface area contributed by atoms with E-state index in [-0.39, 0.29) is 30.5 Å². The molecule has 5 nitrogen and oxygen atoms in total. The van der Waals surface area contributed by atoms with Crippen LogP contribution in [0.15, 0.2) is 24.3 Å². The van der Waals surface area contributed by atoms with Crippen LogP contribution in [0.4, 0.5) is 4.79 Å². The topological polar surface area (TPSA) is 58.6 Å². The van der Waals surface area contributed by atoms with Gasteiger partial charge in [0, 0.05) is 12.6 Å². The van der Waals surface area contributed by atoms with E-state index in [0.29, 0.717) is 13.2 Å². The predicted octanol–water partition coefficient (Wildman–Crippen LogP) is 3.58. The molecule has 0 unspecified atom stereocenters. The summed E-state index contributed by atoms with van der Waals surface area (Å²) >= 11 is 0. The van der Waals surface area contributed by atoms with Crippen LogP contribution in [-0.2, 0) is 16.0 Å². The van der Waals surface area contributed by atoms with Crippen LogP contribution in [0.5, 0.6) is 0 Å². The molecule has 1 saturated carbocycles. The van der Waals surface area contributed by atoms with Crippen molar-refractivity contribution in [1.29, 1.82) is 0 Å². The summed E-state index contributed by atoms with van der Waals surface area (Å²) in [6, 6.07) is 8.07. The molecule has 0 saturated heterocycles. The molecule has 1 aliphatic heterocycles. The lowest BCUT2D eigenvalue weighted by Gasteiger charge is -2.38. The smallest absolute Gasteiger partial charge is 0.318 e. The number of esters is 1. The van der Waals surface area contributed by atoms with Crippen molar-refractivity contribution in [3.05, 3.63) is 35.4 Å². The van der Waals surface area contributed by atoms with Crippen molar-refractivity contribution in [3.63, 3.8) is 0 Å². The molecule has 1 aliphatic carbocycles. The molecule has 0 bridgehead atoms. The largest absolute Gasteiger partial charge is 0.466 e. The van der Waals surface area contributed by atoms with E-state index in [4.69, 9.17) is 4.74 Å². The standard InChI is InChI=1S/C20H28N2O3/c1-2-25-19(23)14-18-17-11-7-6-8-15(17)12-13-22(18)20(24)21-16-9-4-3-5-10-16/h6-8,11,16,18H,2-5,9-10,12-14H2,1H3,(H,21,24)/t18-/m1/s1. The monoisotopic (exact) mass is 344 g/mol. The Hall–Kier alpha value is -2.04. The summed E-state index contributed by atoms with van der Waals surface area (Å²) in [5, 5.41) is 3.19. The molecule has 1 aromatic carbocycles. The van der Waals surface area contributed by atoms with Gasteiger partial charge >= 0.3 is 12.0 Å². The minimum Gasteiger partial charge on any atom is -0.466 e. The molecule has 25 heavy (non-hydrogen) atoms. The summed E-state index contributed by atoms with van der Waals surface area (Å²) in [6.07, 6.45) is 6.77. The lowest BCUT2D eigenvalue weighted by molar-refractivity contribution is -0.144. The van der Waals surface area contributed by atoms with E-state index in [2.05, 4.69) is 11.4 Å². The van der Waals surface area contributed by atoms with Gasteiger partial charge in [0.15, 0.2) is 0 Å². The maximum Gasteiger partial charge on any atom is 0.318 e. The van der Waals surface area contributed by atoms with E-state index in [9.17, 15) is 9.59 Å². The molecule has 2 aliphatic rings. The van der Waals surface area contributed by atoms with Gasteiger partial charge in [0.25, 0.3) is 0 Å². The third-order valence-corrected chi connectivity index (χ3v) is 5.27. The average molecular weight is 344 g/mol. The van der Waals surface area contributed by atoms with Gasteiger partial charge in [-0.15, -0.1) is 0 Å². The Balaban J connectivity index is 1.76. The van der Waals surface area contributed by atoms with E-state index >= 15 is 0 Å². The van der Waals surface area contributed by atoms with Gasteiger partial charge in [-0.3, -0.25) is 4.79 Å². The van der Waals surface area contributed by atoms with Gasteiger partial charge in [0.05, 0.1) is 19.1 Å². The fourth-order valence-corrected chi connectivity index (χ4v) is 4.00. The third kappa shape index (κ3) is 4.33. The van der Waals surface area contributed by atoms with Crippen LogP contribution in [-0.4, -0.2) is 36.1 Å². The number of carbonyl (C=O) groups is 2. The highest BCUT2D eigenvalue weighted by Crippen LogP contribution is 2.33. The van der Waals surface area contributed by atoms with Crippen LogP contribution in [0.2, 0.25) is 0 Å². The molecule has 136 valence electrons. The second-order valence-corrected chi connectivity index (χ2v) is 6.95. The Labute approximate surface area is 149 Å². The zero-order valence-corrected chi connectivity index (χ0v) is 15.0.